The standard InChI is InChI=1S/C45H59F3N10O11S2.C40H52F3N9O9S2.C9H18ClN2OP/c1-8-28-21-30(69-35(62)16-15-32(59)49-6)24-57(28)34(61)17-18-44(4,5)71-70-20-19-50-33(60)14-13-31(41(66)68-7)53-39(64)26-9-11-29(12-10-26)58(42(67)45(46,47)48)23-27-22-51-37-36(52-27)40(65)56-43(54-37)55-38(63)25(2)3;1-7-25-18-27(53)21-51(25)30(55)14-15-39(4,5)63-62-17-16-44-29(54)13-12-28(36(59)61-6)47-34(57)23-8-10-26(11-9-23)52(37(60)40(41,42)43)20-24-19-45-32-31(46-24)35(58)50-38(48-32)49-33(56)22(2)3;1-8(2)12(9(3)4)14(10)13-7-6-11-5/h9-12,22,25,28,30-31H,8,13-21,23-24H2,1-7H3,(H,49,59)(H,50,60)(H,53,64)(H2,51,54,55,56,63,65);8-11,19,22,25,27-28,53H,7,12-18,20-21H2,1-6H3,(H,44,54)(H,47,57)(H2,45,48,49,50,56,58);8-9H,6-7H2,1-4H3/t28-,30-,31+;25-,27-,28+;/m11./s1. The van der Waals surface area contributed by atoms with E-state index in [0.717, 1.165) is 81.6 Å². The summed E-state index contributed by atoms with van der Waals surface area (Å²) in [6.45, 7) is 34.0. The van der Waals surface area contributed by atoms with Crippen molar-refractivity contribution in [2.24, 2.45) is 11.8 Å². The van der Waals surface area contributed by atoms with E-state index in [1.54, 1.807) is 59.1 Å². The van der Waals surface area contributed by atoms with Crippen LogP contribution >= 0.6 is 62.1 Å². The number of aliphatic hydroxyl groups excluding tert-OH is 1. The van der Waals surface area contributed by atoms with Crippen LogP contribution < -0.4 is 58.1 Å². The van der Waals surface area contributed by atoms with Crippen molar-refractivity contribution in [1.82, 2.24) is 80.9 Å². The van der Waals surface area contributed by atoms with Crippen molar-refractivity contribution < 1.29 is 117 Å². The maximum absolute atomic E-state index is 13.8. The second-order valence-electron chi connectivity index (χ2n) is 36.4. The number of hydrogen-bond donors (Lipinski definition) is 10. The maximum atomic E-state index is 13.8. The Labute approximate surface area is 873 Å². The molecule has 0 aliphatic carbocycles. The number of amides is 11. The number of ether oxygens (including phenoxy) is 3. The number of hydrogen-bond acceptors (Lipinski definition) is 32. The number of carbonyl (C=O) groups excluding carboxylic acids is 14. The van der Waals surface area contributed by atoms with E-state index in [1.165, 1.54) is 28.6 Å². The molecule has 42 nitrogen and oxygen atoms in total. The molecule has 6 heterocycles. The molecule has 1 unspecified atom stereocenters. The summed E-state index contributed by atoms with van der Waals surface area (Å²) in [5, 5.41) is 27.7. The third kappa shape index (κ3) is 40.8. The van der Waals surface area contributed by atoms with Gasteiger partial charge in [0.2, 0.25) is 67.4 Å². The molecule has 2 aliphatic rings. The van der Waals surface area contributed by atoms with Crippen LogP contribution in [-0.2, 0) is 89.4 Å². The highest BCUT2D eigenvalue weighted by Crippen LogP contribution is 2.49. The second kappa shape index (κ2) is 59.8. The van der Waals surface area contributed by atoms with Crippen LogP contribution in [0, 0.1) is 18.4 Å². The van der Waals surface area contributed by atoms with Crippen LogP contribution in [0.4, 0.5) is 49.6 Å². The fourth-order valence-corrected chi connectivity index (χ4v) is 21.8. The van der Waals surface area contributed by atoms with Gasteiger partial charge in [0.15, 0.2) is 22.3 Å². The average Bonchev–Trinajstić information content (AvgIpc) is 1.59. The molecule has 0 spiro atoms. The smallest absolute Gasteiger partial charge is 0.467 e. The number of aromatic amines is 2. The van der Waals surface area contributed by atoms with Gasteiger partial charge in [0.05, 0.1) is 70.2 Å². The zero-order chi connectivity index (χ0) is 110. The first-order valence-corrected chi connectivity index (χ1v) is 54.2. The average molecular weight is 2200 g/mol. The lowest BCUT2D eigenvalue weighted by Crippen LogP contribution is -2.42. The van der Waals surface area contributed by atoms with Crippen molar-refractivity contribution in [2.45, 2.75) is 270 Å². The van der Waals surface area contributed by atoms with Crippen LogP contribution in [0.2, 0.25) is 0 Å². The molecule has 2 aromatic carbocycles. The molecule has 0 bridgehead atoms. The van der Waals surface area contributed by atoms with E-state index in [-0.39, 0.29) is 165 Å². The number of nitrogens with zero attached hydrogens (tertiary/aromatic N) is 12. The molecule has 8 rings (SSSR count). The number of carbonyl (C=O) groups is 14. The monoisotopic (exact) mass is 2200 g/mol. The molecule has 2 saturated heterocycles. The molecular weight excluding hydrogens is 2070 g/mol. The van der Waals surface area contributed by atoms with Gasteiger partial charge in [0.25, 0.3) is 22.9 Å². The second-order valence-corrected chi connectivity index (χ2v) is 44.7. The Morgan fingerprint density at radius 3 is 1.36 bits per heavy atom. The molecule has 2 aliphatic heterocycles. The van der Waals surface area contributed by atoms with Gasteiger partial charge in [-0.05, 0) is 160 Å². The van der Waals surface area contributed by atoms with E-state index in [4.69, 9.17) is 36.5 Å². The molecular formula is C94H129ClF6N21O21PS4. The zero-order valence-corrected chi connectivity index (χ0v) is 90.1. The van der Waals surface area contributed by atoms with E-state index in [0.29, 0.717) is 105 Å². The van der Waals surface area contributed by atoms with Crippen LogP contribution in [0.15, 0.2) is 70.5 Å². The molecule has 2 fully saturated rings. The minimum Gasteiger partial charge on any atom is -0.467 e. The van der Waals surface area contributed by atoms with Crippen molar-refractivity contribution in [3.05, 3.63) is 116 Å². The number of benzene rings is 2. The summed E-state index contributed by atoms with van der Waals surface area (Å²) in [5.41, 5.74) is -4.12. The third-order valence-electron chi connectivity index (χ3n) is 22.5. The number of rotatable bonds is 50. The molecule has 10 N–H and O–H groups in total. The van der Waals surface area contributed by atoms with Crippen LogP contribution in [0.5, 0.6) is 0 Å². The number of fused-ring (bicyclic) bond motifs is 2. The number of aliphatic hydroxyl groups is 1. The Hall–Kier alpha value is -11.5. The maximum Gasteiger partial charge on any atom is 0.471 e. The topological polar surface area (TPSA) is 544 Å². The zero-order valence-electron chi connectivity index (χ0n) is 85.2. The Morgan fingerprint density at radius 2 is 0.986 bits per heavy atom. The van der Waals surface area contributed by atoms with Gasteiger partial charge >= 0.3 is 42.1 Å². The summed E-state index contributed by atoms with van der Waals surface area (Å²) in [6, 6.07) is 6.99. The third-order valence-corrected chi connectivity index (χ3v) is 31.7. The molecule has 11 amide bonds. The van der Waals surface area contributed by atoms with Gasteiger partial charge in [-0.2, -0.15) is 36.3 Å². The summed E-state index contributed by atoms with van der Waals surface area (Å²) < 4.78 is 105. The molecule has 6 aromatic rings. The number of halogens is 7. The van der Waals surface area contributed by atoms with Crippen molar-refractivity contribution >= 4 is 191 Å². The highest BCUT2D eigenvalue weighted by Gasteiger charge is 2.46. The number of methoxy groups -OCH3 is 2. The Kier molecular flexibility index (Phi) is 50.6. The van der Waals surface area contributed by atoms with Crippen LogP contribution in [0.25, 0.3) is 27.2 Å². The molecule has 7 atom stereocenters. The Morgan fingerprint density at radius 1 is 0.581 bits per heavy atom. The van der Waals surface area contributed by atoms with Gasteiger partial charge in [-0.15, -0.1) is 0 Å². The van der Waals surface area contributed by atoms with Crippen LogP contribution in [0.1, 0.15) is 219 Å². The number of alkyl halides is 6. The van der Waals surface area contributed by atoms with Gasteiger partial charge in [0, 0.05) is 145 Å². The number of anilines is 4. The number of esters is 3. The predicted molar refractivity (Wildman–Crippen MR) is 550 cm³/mol. The lowest BCUT2D eigenvalue weighted by atomic mass is 10.1. The SMILES string of the molecule is CC[C@@H]1C[C@@H](O)CN1C(=O)CCC(C)(C)SSCCNC(=O)CC[C@H](NC(=O)c1ccc(N(Cc2cnc3nc(NC(=O)C(C)C)[nH]c(=O)c3n2)C(=O)C(F)(F)F)cc1)C(=O)OC.CC[C@@H]1C[C@@H](OC(=O)CCC(=O)NC)CN1C(=O)CCC(C)(C)SSCCNC(=O)CC[C@H](NC(=O)c1ccc(N(Cc2cnc3nc(NC(=O)C(C)C)[nH]c(=O)c3n2)C(=O)C(F)(F)F)cc1)C(=O)OC.[C-]#[N+]CCOP(Cl)N(C(C)C)C(C)C. The molecule has 814 valence electrons. The first-order chi connectivity index (χ1) is 69.6. The van der Waals surface area contributed by atoms with E-state index in [1.807, 2.05) is 41.5 Å². The summed E-state index contributed by atoms with van der Waals surface area (Å²) in [5.74, 6) is -10.6. The fraction of sp³-hybridized carbons (Fsp3) is 0.585. The van der Waals surface area contributed by atoms with Crippen molar-refractivity contribution in [3.8, 4) is 0 Å². The van der Waals surface area contributed by atoms with Gasteiger partial charge in [-0.1, -0.05) is 84.7 Å². The van der Waals surface area contributed by atoms with Crippen molar-refractivity contribution in [1.29, 1.82) is 0 Å². The summed E-state index contributed by atoms with van der Waals surface area (Å²) in [4.78, 5) is 238. The predicted octanol–water partition coefficient (Wildman–Crippen LogP) is 11.3. The quantitative estimate of drug-likeness (QED) is 0.00322. The first kappa shape index (κ1) is 125. The molecule has 4 aromatic heterocycles. The Balaban J connectivity index is 0.000000401. The van der Waals surface area contributed by atoms with Gasteiger partial charge in [-0.25, -0.2) is 40.8 Å². The van der Waals surface area contributed by atoms with E-state index < -0.39 is 140 Å². The van der Waals surface area contributed by atoms with Gasteiger partial charge in [0.1, 0.15) is 24.8 Å². The van der Waals surface area contributed by atoms with E-state index in [9.17, 15) is 108 Å². The molecule has 148 heavy (non-hydrogen) atoms. The highest BCUT2D eigenvalue weighted by molar-refractivity contribution is 8.77. The van der Waals surface area contributed by atoms with Crippen LogP contribution in [-0.4, -0.2) is 285 Å². The van der Waals surface area contributed by atoms with Crippen LogP contribution in [0.3, 0.4) is 0 Å². The van der Waals surface area contributed by atoms with Crippen molar-refractivity contribution in [2.75, 3.05) is 92.5 Å². The number of likely N-dealkylation sites (tertiary alicyclic amines) is 2. The van der Waals surface area contributed by atoms with E-state index >= 15 is 0 Å². The van der Waals surface area contributed by atoms with Gasteiger partial charge < -0.3 is 65.1 Å². The van der Waals surface area contributed by atoms with E-state index in [2.05, 4.69) is 114 Å². The molecule has 0 saturated carbocycles. The molecule has 0 radical (unpaired) electrons. The number of β-amino-alcohol motifs (C(OH)–C–C–N with tert-alkyl or cyclic N) is 1. The summed E-state index contributed by atoms with van der Waals surface area (Å²) in [7, 11) is 8.82. The Bertz CT molecular complexity index is 5730. The van der Waals surface area contributed by atoms with Gasteiger partial charge in [-0.3, -0.25) is 97.5 Å². The fourth-order valence-electron chi connectivity index (χ4n) is 14.5. The number of nitrogens with one attached hydrogen (secondary N) is 9. The minimum absolute atomic E-state index is 0.0305. The summed E-state index contributed by atoms with van der Waals surface area (Å²) in [6.07, 6.45) is -5.71. The molecule has 54 heteroatoms. The number of aromatic nitrogens is 8. The first-order valence-electron chi connectivity index (χ1n) is 47.5. The normalized spacial score (nSPS) is 15.3. The largest absolute Gasteiger partial charge is 0.471 e. The lowest BCUT2D eigenvalue weighted by Gasteiger charge is -2.32. The lowest BCUT2D eigenvalue weighted by molar-refractivity contribution is -0.170. The number of H-pyrrole nitrogens is 2. The highest BCUT2D eigenvalue weighted by atomic mass is 35.7. The summed E-state index contributed by atoms with van der Waals surface area (Å²) >= 11 is 6.14. The van der Waals surface area contributed by atoms with Crippen molar-refractivity contribution in [3.63, 3.8) is 0 Å². The minimum atomic E-state index is -5.35.